The number of benzene rings is 2. The predicted octanol–water partition coefficient (Wildman–Crippen LogP) is 4.22. The van der Waals surface area contributed by atoms with Crippen LogP contribution in [0, 0.1) is 13.8 Å². The topological polar surface area (TPSA) is 139 Å². The molecule has 0 fully saturated rings. The SMILES string of the molecule is COc1ccc(-c2nsc(C)c2C(=O)/N=C(/NCc2cc(C)c(N)c(Cl)c2)NC(=O)O)cc1. The van der Waals surface area contributed by atoms with E-state index in [1.54, 1.807) is 44.4 Å². The average molecular weight is 488 g/mol. The molecule has 0 aliphatic carbocycles. The van der Waals surface area contributed by atoms with Gasteiger partial charge in [0.25, 0.3) is 5.91 Å². The number of nitrogens with zero attached hydrogens (tertiary/aromatic N) is 2. The van der Waals surface area contributed by atoms with Gasteiger partial charge in [-0.25, -0.2) is 4.79 Å². The van der Waals surface area contributed by atoms with Crippen molar-refractivity contribution in [2.75, 3.05) is 12.8 Å². The number of guanidine groups is 1. The van der Waals surface area contributed by atoms with E-state index in [-0.39, 0.29) is 12.5 Å². The lowest BCUT2D eigenvalue weighted by atomic mass is 10.1. The van der Waals surface area contributed by atoms with Crippen molar-refractivity contribution < 1.29 is 19.4 Å². The number of nitrogen functional groups attached to an aromatic ring is 1. The van der Waals surface area contributed by atoms with E-state index in [9.17, 15) is 14.7 Å². The van der Waals surface area contributed by atoms with Gasteiger partial charge in [0.2, 0.25) is 5.96 Å². The van der Waals surface area contributed by atoms with Gasteiger partial charge in [0.15, 0.2) is 0 Å². The van der Waals surface area contributed by atoms with Gasteiger partial charge in [0.1, 0.15) is 5.75 Å². The number of amides is 2. The number of hydrogen-bond donors (Lipinski definition) is 4. The summed E-state index contributed by atoms with van der Waals surface area (Å²) in [7, 11) is 1.56. The van der Waals surface area contributed by atoms with E-state index < -0.39 is 12.0 Å². The number of anilines is 1. The number of aromatic nitrogens is 1. The molecule has 0 unspecified atom stereocenters. The van der Waals surface area contributed by atoms with Crippen LogP contribution in [0.15, 0.2) is 41.4 Å². The molecule has 0 saturated heterocycles. The summed E-state index contributed by atoms with van der Waals surface area (Å²) in [5.74, 6) is -0.175. The Hall–Kier alpha value is -3.63. The highest BCUT2D eigenvalue weighted by atomic mass is 35.5. The van der Waals surface area contributed by atoms with E-state index in [0.717, 1.165) is 22.7 Å². The number of carbonyl (C=O) groups excluding carboxylic acids is 1. The minimum atomic E-state index is -1.36. The normalized spacial score (nSPS) is 11.2. The fourth-order valence-corrected chi connectivity index (χ4v) is 4.04. The monoisotopic (exact) mass is 487 g/mol. The Morgan fingerprint density at radius 2 is 1.94 bits per heavy atom. The first kappa shape index (κ1) is 24.0. The van der Waals surface area contributed by atoms with E-state index in [0.29, 0.717) is 38.2 Å². The lowest BCUT2D eigenvalue weighted by molar-refractivity contribution is 0.100. The number of ether oxygens (including phenoxy) is 1. The number of halogens is 1. The van der Waals surface area contributed by atoms with Gasteiger partial charge in [-0.2, -0.15) is 9.37 Å². The number of hydrogen-bond acceptors (Lipinski definition) is 6. The number of rotatable bonds is 5. The first-order valence-corrected chi connectivity index (χ1v) is 10.9. The van der Waals surface area contributed by atoms with Gasteiger partial charge >= 0.3 is 6.09 Å². The molecule has 9 nitrogen and oxygen atoms in total. The van der Waals surface area contributed by atoms with Crippen LogP contribution in [0.1, 0.15) is 26.4 Å². The van der Waals surface area contributed by atoms with E-state index in [1.807, 2.05) is 13.0 Å². The predicted molar refractivity (Wildman–Crippen MR) is 129 cm³/mol. The second-order valence-corrected chi connectivity index (χ2v) is 8.43. The van der Waals surface area contributed by atoms with Crippen LogP contribution < -0.4 is 21.1 Å². The van der Waals surface area contributed by atoms with Crippen molar-refractivity contribution >= 4 is 46.8 Å². The largest absolute Gasteiger partial charge is 0.497 e. The Bertz CT molecular complexity index is 1200. The van der Waals surface area contributed by atoms with Gasteiger partial charge < -0.3 is 20.9 Å². The van der Waals surface area contributed by atoms with Crippen LogP contribution in [0.5, 0.6) is 5.75 Å². The van der Waals surface area contributed by atoms with Gasteiger partial charge in [-0.15, -0.1) is 0 Å². The maximum atomic E-state index is 13.0. The minimum Gasteiger partial charge on any atom is -0.497 e. The Balaban J connectivity index is 1.88. The van der Waals surface area contributed by atoms with E-state index in [2.05, 4.69) is 20.0 Å². The van der Waals surface area contributed by atoms with Crippen LogP contribution in [-0.4, -0.2) is 34.5 Å². The smallest absolute Gasteiger partial charge is 0.411 e. The van der Waals surface area contributed by atoms with Crippen LogP contribution >= 0.6 is 23.1 Å². The first-order chi connectivity index (χ1) is 15.7. The molecule has 1 aromatic heterocycles. The van der Waals surface area contributed by atoms with Crippen molar-refractivity contribution in [1.82, 2.24) is 15.0 Å². The van der Waals surface area contributed by atoms with Gasteiger partial charge in [0, 0.05) is 17.0 Å². The van der Waals surface area contributed by atoms with Gasteiger partial charge in [-0.3, -0.25) is 10.1 Å². The fourth-order valence-electron chi connectivity index (χ4n) is 3.05. The lowest BCUT2D eigenvalue weighted by Gasteiger charge is -2.12. The van der Waals surface area contributed by atoms with Gasteiger partial charge in [-0.1, -0.05) is 17.7 Å². The van der Waals surface area contributed by atoms with E-state index in [1.165, 1.54) is 0 Å². The van der Waals surface area contributed by atoms with E-state index in [4.69, 9.17) is 22.1 Å². The number of carboxylic acid groups (broad SMARTS) is 1. The quantitative estimate of drug-likeness (QED) is 0.240. The summed E-state index contributed by atoms with van der Waals surface area (Å²) in [4.78, 5) is 28.9. The van der Waals surface area contributed by atoms with Crippen molar-refractivity contribution in [2.45, 2.75) is 20.4 Å². The second-order valence-electron chi connectivity index (χ2n) is 7.05. The first-order valence-electron chi connectivity index (χ1n) is 9.71. The lowest BCUT2D eigenvalue weighted by Crippen LogP contribution is -2.40. The Labute approximate surface area is 199 Å². The summed E-state index contributed by atoms with van der Waals surface area (Å²) in [6.45, 7) is 3.73. The summed E-state index contributed by atoms with van der Waals surface area (Å²) in [5, 5.41) is 14.5. The zero-order valence-corrected chi connectivity index (χ0v) is 19.7. The van der Waals surface area contributed by atoms with Crippen molar-refractivity contribution in [3.05, 3.63) is 63.0 Å². The van der Waals surface area contributed by atoms with Crippen molar-refractivity contribution in [2.24, 2.45) is 4.99 Å². The van der Waals surface area contributed by atoms with Crippen LogP contribution in [0.2, 0.25) is 5.02 Å². The molecule has 2 amide bonds. The highest BCUT2D eigenvalue weighted by Gasteiger charge is 2.21. The number of aryl methyl sites for hydroxylation is 2. The second kappa shape index (κ2) is 10.3. The molecule has 0 aliphatic heterocycles. The highest BCUT2D eigenvalue weighted by Crippen LogP contribution is 2.30. The maximum absolute atomic E-state index is 13.0. The molecule has 0 saturated carbocycles. The average Bonchev–Trinajstić information content (AvgIpc) is 3.16. The molecule has 33 heavy (non-hydrogen) atoms. The summed E-state index contributed by atoms with van der Waals surface area (Å²) < 4.78 is 9.55. The van der Waals surface area contributed by atoms with Gasteiger partial charge in [0.05, 0.1) is 29.1 Å². The summed E-state index contributed by atoms with van der Waals surface area (Å²) in [6, 6.07) is 10.6. The maximum Gasteiger partial charge on any atom is 0.411 e. The molecular weight excluding hydrogens is 466 g/mol. The molecule has 3 rings (SSSR count). The van der Waals surface area contributed by atoms with Crippen LogP contribution in [0.3, 0.4) is 0 Å². The third kappa shape index (κ3) is 5.79. The Kier molecular flexibility index (Phi) is 7.52. The summed E-state index contributed by atoms with van der Waals surface area (Å²) >= 11 is 7.29. The Morgan fingerprint density at radius 1 is 1.24 bits per heavy atom. The molecule has 5 N–H and O–H groups in total. The highest BCUT2D eigenvalue weighted by molar-refractivity contribution is 7.06. The third-order valence-corrected chi connectivity index (χ3v) is 5.80. The zero-order valence-electron chi connectivity index (χ0n) is 18.1. The molecule has 172 valence electrons. The van der Waals surface area contributed by atoms with Gasteiger partial charge in [-0.05, 0) is 66.8 Å². The van der Waals surface area contributed by atoms with Crippen molar-refractivity contribution in [1.29, 1.82) is 0 Å². The number of carbonyl (C=O) groups is 2. The number of methoxy groups -OCH3 is 1. The van der Waals surface area contributed by atoms with Crippen LogP contribution in [0.4, 0.5) is 10.5 Å². The van der Waals surface area contributed by atoms with Crippen molar-refractivity contribution in [3.63, 3.8) is 0 Å². The van der Waals surface area contributed by atoms with Crippen molar-refractivity contribution in [3.8, 4) is 17.0 Å². The zero-order chi connectivity index (χ0) is 24.1. The summed E-state index contributed by atoms with van der Waals surface area (Å²) in [5.41, 5.74) is 9.33. The van der Waals surface area contributed by atoms with Crippen LogP contribution in [0.25, 0.3) is 11.3 Å². The number of nitrogens with two attached hydrogens (primary N) is 1. The molecule has 0 radical (unpaired) electrons. The Morgan fingerprint density at radius 3 is 2.55 bits per heavy atom. The molecule has 0 aliphatic rings. The molecule has 2 aromatic carbocycles. The molecule has 3 aromatic rings. The number of nitrogens with one attached hydrogen (secondary N) is 2. The summed E-state index contributed by atoms with van der Waals surface area (Å²) in [6.07, 6.45) is -1.36. The molecule has 1 heterocycles. The molecule has 0 bridgehead atoms. The van der Waals surface area contributed by atoms with E-state index >= 15 is 0 Å². The molecule has 0 spiro atoms. The standard InChI is InChI=1S/C22H22ClN5O4S/c1-11-8-13(9-16(23)18(11)24)10-25-21(27-22(30)31)26-20(29)17-12(2)33-28-19(17)14-4-6-15(32-3)7-5-14/h4-9H,10,24H2,1-3H3,(H,30,31)(H2,25,26,27,29). The molecule has 11 heteroatoms. The third-order valence-electron chi connectivity index (χ3n) is 4.73. The molecule has 0 atom stereocenters. The van der Waals surface area contributed by atoms with Crippen LogP contribution in [-0.2, 0) is 6.54 Å². The minimum absolute atomic E-state index is 0.166. The fraction of sp³-hybridized carbons (Fsp3) is 0.182. The molecular formula is C22H22ClN5O4S. The number of aliphatic imine (C=N–C) groups is 1.